The highest BCUT2D eigenvalue weighted by molar-refractivity contribution is 9.11. The van der Waals surface area contributed by atoms with Crippen molar-refractivity contribution >= 4 is 37.8 Å². The molecular formula is C15H16Br2N2O. The van der Waals surface area contributed by atoms with E-state index >= 15 is 0 Å². The molecule has 0 radical (unpaired) electrons. The number of hydrazine groups is 1. The molecule has 0 aromatic heterocycles. The van der Waals surface area contributed by atoms with Crippen LogP contribution in [0.2, 0.25) is 0 Å². The van der Waals surface area contributed by atoms with Crippen molar-refractivity contribution < 1.29 is 4.79 Å². The van der Waals surface area contributed by atoms with Crippen molar-refractivity contribution in [1.29, 1.82) is 0 Å². The maximum atomic E-state index is 11.1. The van der Waals surface area contributed by atoms with Crippen LogP contribution in [0.1, 0.15) is 21.5 Å². The molecule has 0 fully saturated rings. The molecule has 0 saturated heterocycles. The molecule has 1 amide bonds. The van der Waals surface area contributed by atoms with Crippen LogP contribution in [-0.2, 0) is 0 Å². The highest BCUT2D eigenvalue weighted by Gasteiger charge is 2.07. The Hall–Kier alpha value is -1.17. The standard InChI is InChI=1S/C8H10.C7H6Br2N2O/c1-7-3-5-8(2)6-4-7;8-4-1-2-6(9)5(3-4)7(12)11-10/h3-6H,1-2H3;1-3H,10H2,(H,11,12). The Balaban J connectivity index is 0.000000217. The van der Waals surface area contributed by atoms with Gasteiger partial charge in [0.05, 0.1) is 5.56 Å². The van der Waals surface area contributed by atoms with E-state index in [-0.39, 0.29) is 5.91 Å². The molecule has 2 aromatic carbocycles. The molecule has 0 aliphatic heterocycles. The first-order chi connectivity index (χ1) is 9.43. The van der Waals surface area contributed by atoms with Crippen LogP contribution in [0, 0.1) is 13.8 Å². The molecule has 0 atom stereocenters. The van der Waals surface area contributed by atoms with Crippen molar-refractivity contribution in [2.45, 2.75) is 13.8 Å². The Labute approximate surface area is 135 Å². The summed E-state index contributed by atoms with van der Waals surface area (Å²) in [6, 6.07) is 13.8. The van der Waals surface area contributed by atoms with Crippen molar-refractivity contribution in [2.24, 2.45) is 5.84 Å². The molecule has 5 heteroatoms. The molecule has 0 saturated carbocycles. The van der Waals surface area contributed by atoms with Crippen LogP contribution in [0.15, 0.2) is 51.4 Å². The van der Waals surface area contributed by atoms with Crippen molar-refractivity contribution in [3.8, 4) is 0 Å². The van der Waals surface area contributed by atoms with E-state index in [2.05, 4.69) is 75.4 Å². The van der Waals surface area contributed by atoms with Crippen LogP contribution in [0.3, 0.4) is 0 Å². The smallest absolute Gasteiger partial charge is 0.266 e. The summed E-state index contributed by atoms with van der Waals surface area (Å²) in [5.74, 6) is 4.67. The van der Waals surface area contributed by atoms with E-state index in [9.17, 15) is 4.79 Å². The molecular weight excluding hydrogens is 384 g/mol. The second kappa shape index (κ2) is 8.19. The topological polar surface area (TPSA) is 55.1 Å². The number of aryl methyl sites for hydroxylation is 2. The third-order valence-corrected chi connectivity index (χ3v) is 3.71. The predicted molar refractivity (Wildman–Crippen MR) is 89.4 cm³/mol. The number of carbonyl (C=O) groups is 1. The number of nitrogens with two attached hydrogens (primary N) is 1. The summed E-state index contributed by atoms with van der Waals surface area (Å²) >= 11 is 6.49. The monoisotopic (exact) mass is 398 g/mol. The second-order valence-corrected chi connectivity index (χ2v) is 6.02. The van der Waals surface area contributed by atoms with Gasteiger partial charge < -0.3 is 0 Å². The number of carbonyl (C=O) groups excluding carboxylic acids is 1. The molecule has 3 nitrogen and oxygen atoms in total. The molecule has 0 spiro atoms. The molecule has 0 bridgehead atoms. The average Bonchev–Trinajstić information content (AvgIpc) is 2.44. The van der Waals surface area contributed by atoms with Crippen molar-refractivity contribution in [2.75, 3.05) is 0 Å². The summed E-state index contributed by atoms with van der Waals surface area (Å²) in [4.78, 5) is 11.1. The Kier molecular flexibility index (Phi) is 6.91. The van der Waals surface area contributed by atoms with E-state index in [1.54, 1.807) is 12.1 Å². The Morgan fingerprint density at radius 3 is 1.95 bits per heavy atom. The van der Waals surface area contributed by atoms with Gasteiger partial charge >= 0.3 is 0 Å². The number of benzene rings is 2. The van der Waals surface area contributed by atoms with Crippen LogP contribution in [0.5, 0.6) is 0 Å². The molecule has 0 aliphatic carbocycles. The Bertz CT molecular complexity index is 562. The molecule has 2 rings (SSSR count). The highest BCUT2D eigenvalue weighted by atomic mass is 79.9. The zero-order valence-corrected chi connectivity index (χ0v) is 14.5. The predicted octanol–water partition coefficient (Wildman–Crippen LogP) is 4.12. The van der Waals surface area contributed by atoms with Gasteiger partial charge in [-0.15, -0.1) is 0 Å². The average molecular weight is 400 g/mol. The lowest BCUT2D eigenvalue weighted by Gasteiger charge is -2.02. The van der Waals surface area contributed by atoms with Gasteiger partial charge in [-0.1, -0.05) is 51.3 Å². The van der Waals surface area contributed by atoms with E-state index in [4.69, 9.17) is 5.84 Å². The van der Waals surface area contributed by atoms with Crippen LogP contribution in [0.25, 0.3) is 0 Å². The van der Waals surface area contributed by atoms with Gasteiger partial charge in [0.2, 0.25) is 0 Å². The van der Waals surface area contributed by atoms with E-state index in [1.807, 2.05) is 6.07 Å². The normalized spacial score (nSPS) is 9.45. The van der Waals surface area contributed by atoms with Gasteiger partial charge in [0, 0.05) is 8.95 Å². The minimum atomic E-state index is -0.317. The fourth-order valence-electron chi connectivity index (χ4n) is 1.39. The quantitative estimate of drug-likeness (QED) is 0.430. The summed E-state index contributed by atoms with van der Waals surface area (Å²) in [6.45, 7) is 4.19. The first kappa shape index (κ1) is 16.9. The number of hydrogen-bond acceptors (Lipinski definition) is 2. The highest BCUT2D eigenvalue weighted by Crippen LogP contribution is 2.21. The largest absolute Gasteiger partial charge is 0.290 e. The lowest BCUT2D eigenvalue weighted by Crippen LogP contribution is -2.30. The Morgan fingerprint density at radius 2 is 1.50 bits per heavy atom. The van der Waals surface area contributed by atoms with Gasteiger partial charge in [0.15, 0.2) is 0 Å². The number of rotatable bonds is 1. The summed E-state index contributed by atoms with van der Waals surface area (Å²) in [6.07, 6.45) is 0. The van der Waals surface area contributed by atoms with Gasteiger partial charge in [-0.3, -0.25) is 10.2 Å². The SMILES string of the molecule is Cc1ccc(C)cc1.NNC(=O)c1cc(Br)ccc1Br. The van der Waals surface area contributed by atoms with E-state index in [0.717, 1.165) is 4.47 Å². The summed E-state index contributed by atoms with van der Waals surface area (Å²) in [5.41, 5.74) is 5.22. The fourth-order valence-corrected chi connectivity index (χ4v) is 2.17. The zero-order chi connectivity index (χ0) is 15.1. The van der Waals surface area contributed by atoms with Gasteiger partial charge in [0.1, 0.15) is 0 Å². The summed E-state index contributed by atoms with van der Waals surface area (Å²) < 4.78 is 1.55. The van der Waals surface area contributed by atoms with Crippen molar-refractivity contribution in [3.05, 3.63) is 68.1 Å². The van der Waals surface area contributed by atoms with Gasteiger partial charge in [-0.05, 0) is 48.0 Å². The zero-order valence-electron chi connectivity index (χ0n) is 11.3. The number of nitrogen functional groups attached to an aromatic ring is 1. The van der Waals surface area contributed by atoms with Crippen LogP contribution in [0.4, 0.5) is 0 Å². The summed E-state index contributed by atoms with van der Waals surface area (Å²) in [7, 11) is 0. The Morgan fingerprint density at radius 1 is 1.00 bits per heavy atom. The molecule has 106 valence electrons. The maximum absolute atomic E-state index is 11.1. The lowest BCUT2D eigenvalue weighted by atomic mass is 10.2. The van der Waals surface area contributed by atoms with E-state index in [0.29, 0.717) is 10.0 Å². The van der Waals surface area contributed by atoms with Crippen LogP contribution >= 0.6 is 31.9 Å². The van der Waals surface area contributed by atoms with Gasteiger partial charge in [-0.2, -0.15) is 0 Å². The van der Waals surface area contributed by atoms with Crippen molar-refractivity contribution in [3.63, 3.8) is 0 Å². The molecule has 20 heavy (non-hydrogen) atoms. The van der Waals surface area contributed by atoms with Crippen LogP contribution in [-0.4, -0.2) is 5.91 Å². The van der Waals surface area contributed by atoms with Crippen LogP contribution < -0.4 is 11.3 Å². The minimum absolute atomic E-state index is 0.317. The van der Waals surface area contributed by atoms with E-state index in [1.165, 1.54) is 11.1 Å². The fraction of sp³-hybridized carbons (Fsp3) is 0.133. The molecule has 3 N–H and O–H groups in total. The molecule has 0 heterocycles. The minimum Gasteiger partial charge on any atom is -0.290 e. The molecule has 2 aromatic rings. The third kappa shape index (κ3) is 5.45. The van der Waals surface area contributed by atoms with Gasteiger partial charge in [0.25, 0.3) is 5.91 Å². The summed E-state index contributed by atoms with van der Waals surface area (Å²) in [5, 5.41) is 0. The van der Waals surface area contributed by atoms with Gasteiger partial charge in [-0.25, -0.2) is 5.84 Å². The molecule has 0 unspecified atom stereocenters. The molecule has 0 aliphatic rings. The number of hydrogen-bond donors (Lipinski definition) is 2. The third-order valence-electron chi connectivity index (χ3n) is 2.52. The lowest BCUT2D eigenvalue weighted by molar-refractivity contribution is 0.0953. The second-order valence-electron chi connectivity index (χ2n) is 4.25. The van der Waals surface area contributed by atoms with Crippen molar-refractivity contribution in [1.82, 2.24) is 5.43 Å². The maximum Gasteiger partial charge on any atom is 0.266 e. The van der Waals surface area contributed by atoms with E-state index < -0.39 is 0 Å². The number of amides is 1. The first-order valence-electron chi connectivity index (χ1n) is 5.93. The first-order valence-corrected chi connectivity index (χ1v) is 7.52. The number of nitrogens with one attached hydrogen (secondary N) is 1. The number of halogens is 2.